The van der Waals surface area contributed by atoms with Crippen LogP contribution in [0.3, 0.4) is 0 Å². The number of aromatic nitrogens is 4. The molecule has 0 bridgehead atoms. The summed E-state index contributed by atoms with van der Waals surface area (Å²) >= 11 is 0. The number of hydrogen-bond acceptors (Lipinski definition) is 7. The first-order valence-corrected chi connectivity index (χ1v) is 14.2. The highest BCUT2D eigenvalue weighted by Crippen LogP contribution is 2.37. The molecule has 0 amide bonds. The minimum atomic E-state index is -4.71. The molecule has 3 aromatic rings. The second kappa shape index (κ2) is 9.99. The number of alkyl halides is 3. The molecule has 2 aliphatic rings. The van der Waals surface area contributed by atoms with Gasteiger partial charge in [0.1, 0.15) is 6.10 Å². The van der Waals surface area contributed by atoms with Gasteiger partial charge in [-0.3, -0.25) is 0 Å². The van der Waals surface area contributed by atoms with Gasteiger partial charge in [0.15, 0.2) is 5.65 Å². The molecule has 0 unspecified atom stereocenters. The maximum Gasteiger partial charge on any atom is 0.438 e. The van der Waals surface area contributed by atoms with Gasteiger partial charge in [0, 0.05) is 20.2 Å². The molecule has 0 radical (unpaired) electrons. The highest BCUT2D eigenvalue weighted by Gasteiger charge is 2.40. The van der Waals surface area contributed by atoms with E-state index in [2.05, 4.69) is 34.2 Å². The number of rotatable bonds is 7. The highest BCUT2D eigenvalue weighted by molar-refractivity contribution is 7.89. The average molecular weight is 555 g/mol. The topological polar surface area (TPSA) is 102 Å². The predicted octanol–water partition coefficient (Wildman–Crippen LogP) is 5.43. The Balaban J connectivity index is 0.00000353. The summed E-state index contributed by atoms with van der Waals surface area (Å²) in [6.07, 6.45) is -0.138. The van der Waals surface area contributed by atoms with Gasteiger partial charge in [0.2, 0.25) is 27.5 Å². The van der Waals surface area contributed by atoms with Crippen LogP contribution in [0, 0.1) is 18.8 Å². The van der Waals surface area contributed by atoms with Gasteiger partial charge in [0.25, 0.3) is 0 Å². The Morgan fingerprint density at radius 3 is 2.45 bits per heavy atom. The number of nitrogens with zero attached hydrogens (tertiary/aromatic N) is 5. The van der Waals surface area contributed by atoms with E-state index in [-0.39, 0.29) is 24.0 Å². The van der Waals surface area contributed by atoms with Gasteiger partial charge in [-0.2, -0.15) is 27.0 Å². The molecule has 2 aromatic heterocycles. The van der Waals surface area contributed by atoms with Crippen LogP contribution in [0.4, 0.5) is 24.8 Å². The smallest absolute Gasteiger partial charge is 0.438 e. The van der Waals surface area contributed by atoms with Crippen LogP contribution in [0.5, 0.6) is 5.88 Å². The van der Waals surface area contributed by atoms with Crippen molar-refractivity contribution in [3.8, 4) is 5.88 Å². The second-order valence-electron chi connectivity index (χ2n) is 10.4. The van der Waals surface area contributed by atoms with Crippen LogP contribution in [0.1, 0.15) is 58.6 Å². The molecular formula is C25H33F3N6O3S. The molecule has 1 saturated heterocycles. The van der Waals surface area contributed by atoms with Gasteiger partial charge in [-0.05, 0) is 74.6 Å². The number of hydrogen-bond donors (Lipinski definition) is 1. The maximum absolute atomic E-state index is 13.6. The first-order chi connectivity index (χ1) is 17.9. The fraction of sp³-hybridized carbons (Fsp3) is 0.560. The van der Waals surface area contributed by atoms with Crippen LogP contribution in [0.15, 0.2) is 29.3 Å². The number of anilines is 2. The minimum Gasteiger partial charge on any atom is -0.473 e. The summed E-state index contributed by atoms with van der Waals surface area (Å²) in [7, 11) is -3.64. The number of fused-ring (bicyclic) bond motifs is 1. The normalized spacial score (nSPS) is 18.2. The number of aryl methyl sites for hydroxylation is 1. The van der Waals surface area contributed by atoms with Gasteiger partial charge >= 0.3 is 6.18 Å². The number of halogens is 3. The van der Waals surface area contributed by atoms with Crippen LogP contribution in [0.2, 0.25) is 0 Å². The van der Waals surface area contributed by atoms with Crippen LogP contribution in [0.25, 0.3) is 5.65 Å². The Kier molecular flexibility index (Phi) is 7.01. The van der Waals surface area contributed by atoms with E-state index in [1.807, 2.05) is 0 Å². The molecule has 1 aromatic carbocycles. The molecule has 1 aliphatic carbocycles. The van der Waals surface area contributed by atoms with Crippen molar-refractivity contribution in [3.63, 3.8) is 0 Å². The number of benzene rings is 1. The van der Waals surface area contributed by atoms with E-state index in [9.17, 15) is 21.6 Å². The molecule has 1 N–H and O–H groups in total. The number of sulfonamides is 1. The van der Waals surface area contributed by atoms with Crippen molar-refractivity contribution in [2.45, 2.75) is 70.1 Å². The van der Waals surface area contributed by atoms with Crippen molar-refractivity contribution in [2.75, 3.05) is 18.4 Å². The first kappa shape index (κ1) is 26.7. The van der Waals surface area contributed by atoms with E-state index in [0.29, 0.717) is 49.0 Å². The second-order valence-corrected chi connectivity index (χ2v) is 12.3. The Morgan fingerprint density at radius 2 is 1.87 bits per heavy atom. The number of ether oxygens (including phenoxy) is 1. The lowest BCUT2D eigenvalue weighted by Crippen LogP contribution is -2.39. The van der Waals surface area contributed by atoms with Gasteiger partial charge in [-0.1, -0.05) is 13.8 Å². The van der Waals surface area contributed by atoms with E-state index >= 15 is 0 Å². The quantitative estimate of drug-likeness (QED) is 0.416. The zero-order valence-corrected chi connectivity index (χ0v) is 22.3. The summed E-state index contributed by atoms with van der Waals surface area (Å²) in [5.41, 5.74) is 0.0962. The largest absolute Gasteiger partial charge is 0.473 e. The van der Waals surface area contributed by atoms with Gasteiger partial charge < -0.3 is 10.1 Å². The fourth-order valence-corrected chi connectivity index (χ4v) is 6.38. The van der Waals surface area contributed by atoms with Crippen molar-refractivity contribution in [1.82, 2.24) is 23.9 Å². The molecule has 13 heteroatoms. The zero-order valence-electron chi connectivity index (χ0n) is 21.5. The molecule has 208 valence electrons. The Bertz CT molecular complexity index is 1430. The lowest BCUT2D eigenvalue weighted by Gasteiger charge is -2.33. The first-order valence-electron chi connectivity index (χ1n) is 12.8. The lowest BCUT2D eigenvalue weighted by molar-refractivity contribution is -0.143. The zero-order chi connectivity index (χ0) is 27.2. The van der Waals surface area contributed by atoms with Crippen LogP contribution in [-0.4, -0.2) is 51.5 Å². The summed E-state index contributed by atoms with van der Waals surface area (Å²) in [6, 6.07) is 4.71. The molecule has 9 nitrogen and oxygen atoms in total. The molecule has 38 heavy (non-hydrogen) atoms. The molecule has 1 saturated carbocycles. The Labute approximate surface area is 220 Å². The standard InChI is InChI=1S/C25H31F3N6O3S.H2/c1-15(2)17-9-11-33(12-10-17)38(35,36)19-7-8-20(16(3)13-19)30-24-31-21-14-29-22(25(26,27)28)23(34(21)32-24)37-18-5-4-6-18;/h7-8,13-15,17-18H,4-6,9-12H2,1-3H3,(H,30,32);1H. The number of piperidine rings is 1. The van der Waals surface area contributed by atoms with Gasteiger partial charge in [0.05, 0.1) is 11.1 Å². The van der Waals surface area contributed by atoms with E-state index < -0.39 is 27.8 Å². The van der Waals surface area contributed by atoms with Crippen molar-refractivity contribution < 1.29 is 27.8 Å². The molecule has 0 spiro atoms. The van der Waals surface area contributed by atoms with Crippen molar-refractivity contribution in [2.24, 2.45) is 11.8 Å². The third-order valence-corrected chi connectivity index (χ3v) is 9.35. The summed E-state index contributed by atoms with van der Waals surface area (Å²) in [4.78, 5) is 8.00. The van der Waals surface area contributed by atoms with E-state index in [0.717, 1.165) is 30.0 Å². The van der Waals surface area contributed by atoms with Crippen LogP contribution in [-0.2, 0) is 16.2 Å². The molecule has 3 heterocycles. The van der Waals surface area contributed by atoms with E-state index in [1.165, 1.54) is 10.4 Å². The van der Waals surface area contributed by atoms with Crippen molar-refractivity contribution in [3.05, 3.63) is 35.7 Å². The van der Waals surface area contributed by atoms with Crippen molar-refractivity contribution in [1.29, 1.82) is 0 Å². The van der Waals surface area contributed by atoms with E-state index in [1.54, 1.807) is 19.1 Å². The van der Waals surface area contributed by atoms with Crippen LogP contribution >= 0.6 is 0 Å². The molecule has 0 atom stereocenters. The predicted molar refractivity (Wildman–Crippen MR) is 137 cm³/mol. The SMILES string of the molecule is Cc1cc(S(=O)(=O)N2CCC(C(C)C)CC2)ccc1Nc1nc2cnc(C(F)(F)F)c(OC3CCC3)n2n1.[HH]. The highest BCUT2D eigenvalue weighted by atomic mass is 32.2. The molecule has 1 aliphatic heterocycles. The summed E-state index contributed by atoms with van der Waals surface area (Å²) in [5.74, 6) is 0.603. The molecule has 2 fully saturated rings. The average Bonchev–Trinajstić information content (AvgIpc) is 3.24. The fourth-order valence-electron chi connectivity index (χ4n) is 4.82. The summed E-state index contributed by atoms with van der Waals surface area (Å²) < 4.78 is 75.4. The summed E-state index contributed by atoms with van der Waals surface area (Å²) in [6.45, 7) is 7.06. The lowest BCUT2D eigenvalue weighted by atomic mass is 9.87. The third-order valence-electron chi connectivity index (χ3n) is 7.46. The monoisotopic (exact) mass is 554 g/mol. The van der Waals surface area contributed by atoms with Crippen molar-refractivity contribution >= 4 is 27.3 Å². The van der Waals surface area contributed by atoms with Crippen LogP contribution < -0.4 is 10.1 Å². The minimum absolute atomic E-state index is 0. The maximum atomic E-state index is 13.6. The van der Waals surface area contributed by atoms with Gasteiger partial charge in [-0.15, -0.1) is 5.10 Å². The summed E-state index contributed by atoms with van der Waals surface area (Å²) in [5, 5.41) is 7.19. The van der Waals surface area contributed by atoms with E-state index in [4.69, 9.17) is 4.74 Å². The Hall–Kier alpha value is -2.93. The third kappa shape index (κ3) is 5.18. The number of nitrogens with one attached hydrogen (secondary N) is 1. The Morgan fingerprint density at radius 1 is 1.16 bits per heavy atom. The molecule has 5 rings (SSSR count). The molecular weight excluding hydrogens is 521 g/mol. The van der Waals surface area contributed by atoms with Gasteiger partial charge in [-0.25, -0.2) is 13.4 Å².